The van der Waals surface area contributed by atoms with Crippen molar-refractivity contribution in [2.45, 2.75) is 0 Å². The van der Waals surface area contributed by atoms with Crippen LogP contribution in [0.4, 0.5) is 0 Å². The zero-order valence-electron chi connectivity index (χ0n) is 6.26. The van der Waals surface area contributed by atoms with Crippen LogP contribution < -0.4 is 11.5 Å². The third-order valence-electron chi connectivity index (χ3n) is 0.320. The van der Waals surface area contributed by atoms with Gasteiger partial charge in [0, 0.05) is 14.1 Å². The van der Waals surface area contributed by atoms with Gasteiger partial charge >= 0.3 is 0 Å². The zero-order chi connectivity index (χ0) is 9.28. The lowest BCUT2D eigenvalue weighted by atomic mass is 11.1. The van der Waals surface area contributed by atoms with Gasteiger partial charge in [0.1, 0.15) is 0 Å². The monoisotopic (exact) mass is 162 g/mol. The fraction of sp³-hybridized carbons (Fsp3) is 0.667. The second-order valence-corrected chi connectivity index (χ2v) is 1.54. The van der Waals surface area contributed by atoms with Crippen LogP contribution in [0.1, 0.15) is 0 Å². The minimum Gasteiger partial charge on any atom is -0.368 e. The fourth-order valence-corrected chi connectivity index (χ4v) is 0.0471. The molecule has 0 saturated heterocycles. The molecule has 0 bridgehead atoms. The van der Waals surface area contributed by atoms with E-state index < -0.39 is 0 Å². The van der Waals surface area contributed by atoms with Gasteiger partial charge in [-0.25, -0.2) is 0 Å². The van der Waals surface area contributed by atoms with Gasteiger partial charge in [0.05, 0.1) is 10.6 Å². The minimum atomic E-state index is -0.315. The average Bonchev–Trinajstić information content (AvgIpc) is 1.89. The highest BCUT2D eigenvalue weighted by atomic mass is 16.3. The molecular formula is C3H10N6O2. The number of guanidine groups is 1. The summed E-state index contributed by atoms with van der Waals surface area (Å²) in [6.07, 6.45) is 0. The maximum atomic E-state index is 9.18. The van der Waals surface area contributed by atoms with Gasteiger partial charge < -0.3 is 11.5 Å². The molecule has 0 heterocycles. The summed E-state index contributed by atoms with van der Waals surface area (Å²) < 4.78 is 0. The highest BCUT2D eigenvalue weighted by molar-refractivity contribution is 5.75. The Morgan fingerprint density at radius 1 is 1.27 bits per heavy atom. The van der Waals surface area contributed by atoms with Gasteiger partial charge in [0.2, 0.25) is 5.96 Å². The van der Waals surface area contributed by atoms with Crippen molar-refractivity contribution < 1.29 is 0 Å². The van der Waals surface area contributed by atoms with E-state index in [0.717, 1.165) is 0 Å². The first-order chi connectivity index (χ1) is 5.04. The summed E-state index contributed by atoms with van der Waals surface area (Å²) in [5, 5.41) is 8.36. The Bertz CT molecular complexity index is 139. The van der Waals surface area contributed by atoms with E-state index in [1.165, 1.54) is 5.01 Å². The number of hydrogen-bond acceptors (Lipinski definition) is 4. The average molecular weight is 162 g/mol. The Labute approximate surface area is 63.1 Å². The molecule has 8 nitrogen and oxygen atoms in total. The van der Waals surface area contributed by atoms with Crippen molar-refractivity contribution in [1.82, 2.24) is 5.01 Å². The van der Waals surface area contributed by atoms with Gasteiger partial charge in [0.25, 0.3) is 0 Å². The Kier molecular flexibility index (Phi) is 9.02. The van der Waals surface area contributed by atoms with Crippen LogP contribution in [0.3, 0.4) is 0 Å². The summed E-state index contributed by atoms with van der Waals surface area (Å²) in [6.45, 7) is 0. The van der Waals surface area contributed by atoms with Crippen LogP contribution in [0.25, 0.3) is 0 Å². The van der Waals surface area contributed by atoms with E-state index in [1.54, 1.807) is 14.1 Å². The van der Waals surface area contributed by atoms with Crippen molar-refractivity contribution in [2.24, 2.45) is 27.1 Å². The summed E-state index contributed by atoms with van der Waals surface area (Å²) in [5.41, 5.74) is 9.27. The van der Waals surface area contributed by atoms with Crippen molar-refractivity contribution in [3.63, 3.8) is 0 Å². The smallest absolute Gasteiger partial charge is 0.214 e. The maximum Gasteiger partial charge on any atom is 0.214 e. The van der Waals surface area contributed by atoms with Crippen LogP contribution in [-0.2, 0) is 0 Å². The van der Waals surface area contributed by atoms with Crippen molar-refractivity contribution >= 4 is 5.96 Å². The molecule has 8 heteroatoms. The van der Waals surface area contributed by atoms with Crippen LogP contribution in [0, 0.1) is 9.81 Å². The van der Waals surface area contributed by atoms with Crippen molar-refractivity contribution in [3.8, 4) is 0 Å². The molecular weight excluding hydrogens is 152 g/mol. The molecule has 64 valence electrons. The fourth-order valence-electron chi connectivity index (χ4n) is 0.0471. The van der Waals surface area contributed by atoms with E-state index in [0.29, 0.717) is 0 Å². The molecule has 0 saturated carbocycles. The van der Waals surface area contributed by atoms with Gasteiger partial charge in [-0.2, -0.15) is 0 Å². The standard InChI is InChI=1S/C2H6N2O.CH4N4O/c1-4(2)3-5;2-1(3)4-5-6/h1-2H3;(H4,2,3,4,6). The van der Waals surface area contributed by atoms with Gasteiger partial charge in [-0.1, -0.05) is 5.10 Å². The van der Waals surface area contributed by atoms with Crippen LogP contribution in [0.5, 0.6) is 0 Å². The molecule has 11 heavy (non-hydrogen) atoms. The predicted molar refractivity (Wildman–Crippen MR) is 41.1 cm³/mol. The lowest BCUT2D eigenvalue weighted by molar-refractivity contribution is 0.431. The normalized spacial score (nSPS) is 6.73. The van der Waals surface area contributed by atoms with Gasteiger partial charge in [0.15, 0.2) is 0 Å². The molecule has 0 aromatic rings. The highest BCUT2D eigenvalue weighted by Gasteiger charge is 1.69. The van der Waals surface area contributed by atoms with E-state index in [1.807, 2.05) is 5.29 Å². The molecule has 0 aromatic heterocycles. The second-order valence-electron chi connectivity index (χ2n) is 1.54. The lowest BCUT2D eigenvalue weighted by Crippen LogP contribution is -2.21. The molecule has 0 atom stereocenters. The SMILES string of the molecule is CN(C)N=O.NC(N)=NN=O. The summed E-state index contributed by atoms with van der Waals surface area (Å²) >= 11 is 0. The number of rotatable bonds is 2. The Balaban J connectivity index is 0. The van der Waals surface area contributed by atoms with E-state index >= 15 is 0 Å². The summed E-state index contributed by atoms with van der Waals surface area (Å²) in [5.74, 6) is -0.315. The van der Waals surface area contributed by atoms with Crippen molar-refractivity contribution in [2.75, 3.05) is 14.1 Å². The second kappa shape index (κ2) is 8.27. The highest BCUT2D eigenvalue weighted by Crippen LogP contribution is 1.64. The molecule has 0 spiro atoms. The number of nitrogens with zero attached hydrogens (tertiary/aromatic N) is 4. The molecule has 0 aliphatic heterocycles. The van der Waals surface area contributed by atoms with Crippen LogP contribution in [0.15, 0.2) is 15.7 Å². The Morgan fingerprint density at radius 3 is 1.64 bits per heavy atom. The summed E-state index contributed by atoms with van der Waals surface area (Å²) in [6, 6.07) is 0. The zero-order valence-corrected chi connectivity index (χ0v) is 6.26. The predicted octanol–water partition coefficient (Wildman–Crippen LogP) is -0.829. The summed E-state index contributed by atoms with van der Waals surface area (Å²) in [7, 11) is 3.15. The topological polar surface area (TPSA) is 126 Å². The van der Waals surface area contributed by atoms with Crippen LogP contribution >= 0.6 is 0 Å². The Hall–Kier alpha value is -1.73. The van der Waals surface area contributed by atoms with Gasteiger partial charge in [-0.3, -0.25) is 5.01 Å². The van der Waals surface area contributed by atoms with Crippen LogP contribution in [-0.4, -0.2) is 25.1 Å². The first kappa shape index (κ1) is 12.0. The van der Waals surface area contributed by atoms with E-state index in [-0.39, 0.29) is 5.96 Å². The number of hydrogen-bond donors (Lipinski definition) is 2. The summed E-state index contributed by atoms with van der Waals surface area (Å²) in [4.78, 5) is 18.2. The van der Waals surface area contributed by atoms with Crippen molar-refractivity contribution in [3.05, 3.63) is 9.81 Å². The minimum absolute atomic E-state index is 0.315. The molecule has 0 aromatic carbocycles. The molecule has 0 amide bonds. The molecule has 0 radical (unpaired) electrons. The lowest BCUT2D eigenvalue weighted by Gasteiger charge is -1.90. The molecule has 0 fully saturated rings. The first-order valence-electron chi connectivity index (χ1n) is 2.46. The van der Waals surface area contributed by atoms with Crippen molar-refractivity contribution in [1.29, 1.82) is 0 Å². The molecule has 0 rings (SSSR count). The third-order valence-corrected chi connectivity index (χ3v) is 0.320. The first-order valence-corrected chi connectivity index (χ1v) is 2.46. The third kappa shape index (κ3) is 30.4. The van der Waals surface area contributed by atoms with Crippen LogP contribution in [0.2, 0.25) is 0 Å². The van der Waals surface area contributed by atoms with E-state index in [4.69, 9.17) is 4.91 Å². The largest absolute Gasteiger partial charge is 0.368 e. The number of nitrogens with two attached hydrogens (primary N) is 2. The van der Waals surface area contributed by atoms with E-state index in [2.05, 4.69) is 21.9 Å². The molecule has 0 aliphatic carbocycles. The van der Waals surface area contributed by atoms with Gasteiger partial charge in [-0.05, 0) is 0 Å². The maximum absolute atomic E-state index is 9.18. The van der Waals surface area contributed by atoms with Gasteiger partial charge in [-0.15, -0.1) is 9.81 Å². The number of nitroso groups, excluding NO2 is 2. The molecule has 0 unspecified atom stereocenters. The van der Waals surface area contributed by atoms with E-state index in [9.17, 15) is 4.91 Å². The quantitative estimate of drug-likeness (QED) is 0.237. The Morgan fingerprint density at radius 2 is 1.64 bits per heavy atom. The molecule has 0 aliphatic rings. The molecule has 4 N–H and O–H groups in total.